The number of aryl methyl sites for hydroxylation is 1. The summed E-state index contributed by atoms with van der Waals surface area (Å²) in [7, 11) is -3.95. The number of esters is 1. The summed E-state index contributed by atoms with van der Waals surface area (Å²) in [5.41, 5.74) is 3.57. The summed E-state index contributed by atoms with van der Waals surface area (Å²) in [6, 6.07) is 18.0. The highest BCUT2D eigenvalue weighted by atomic mass is 79.9. The Morgan fingerprint density at radius 3 is 2.47 bits per heavy atom. The van der Waals surface area contributed by atoms with E-state index in [1.165, 1.54) is 0 Å². The van der Waals surface area contributed by atoms with Gasteiger partial charge in [-0.1, -0.05) is 59.3 Å². The zero-order chi connectivity index (χ0) is 36.7. The molecule has 1 amide bonds. The van der Waals surface area contributed by atoms with Gasteiger partial charge < -0.3 is 14.4 Å². The van der Waals surface area contributed by atoms with Crippen LogP contribution in [0.3, 0.4) is 0 Å². The average molecular weight is 798 g/mol. The molecule has 5 rings (SSSR count). The molecule has 5 atom stereocenters. The van der Waals surface area contributed by atoms with E-state index in [2.05, 4.69) is 38.7 Å². The first-order chi connectivity index (χ1) is 24.4. The molecule has 8 nitrogen and oxygen atoms in total. The maximum atomic E-state index is 13.5. The van der Waals surface area contributed by atoms with Crippen LogP contribution in [0.4, 0.5) is 5.69 Å². The molecular weight excluding hydrogens is 752 g/mol. The number of nitrogens with zero attached hydrogens (tertiary/aromatic N) is 1. The molecule has 0 radical (unpaired) electrons. The van der Waals surface area contributed by atoms with Gasteiger partial charge in [0.15, 0.2) is 0 Å². The van der Waals surface area contributed by atoms with Crippen molar-refractivity contribution in [3.63, 3.8) is 0 Å². The molecule has 1 aliphatic heterocycles. The number of fused-ring (bicyclic) bond motifs is 2. The summed E-state index contributed by atoms with van der Waals surface area (Å²) in [6.07, 6.45) is 7.85. The predicted molar refractivity (Wildman–Crippen MR) is 207 cm³/mol. The van der Waals surface area contributed by atoms with E-state index < -0.39 is 33.3 Å². The van der Waals surface area contributed by atoms with Gasteiger partial charge in [-0.2, -0.15) is 0 Å². The highest BCUT2D eigenvalue weighted by Gasteiger charge is 2.39. The summed E-state index contributed by atoms with van der Waals surface area (Å²) in [5, 5.41) is -0.113. The smallest absolute Gasteiger partial charge is 0.338 e. The zero-order valence-corrected chi connectivity index (χ0v) is 32.3. The number of benzene rings is 3. The van der Waals surface area contributed by atoms with E-state index in [0.29, 0.717) is 48.1 Å². The van der Waals surface area contributed by atoms with E-state index in [4.69, 9.17) is 21.1 Å². The monoisotopic (exact) mass is 796 g/mol. The van der Waals surface area contributed by atoms with Crippen LogP contribution in [-0.2, 0) is 27.8 Å². The van der Waals surface area contributed by atoms with Gasteiger partial charge in [0.2, 0.25) is 10.0 Å². The van der Waals surface area contributed by atoms with Crippen molar-refractivity contribution >= 4 is 55.1 Å². The number of rotatable bonds is 12. The molecule has 1 heterocycles. The maximum absolute atomic E-state index is 13.5. The fourth-order valence-corrected chi connectivity index (χ4v) is 8.49. The van der Waals surface area contributed by atoms with Crippen molar-refractivity contribution in [2.24, 2.45) is 17.8 Å². The van der Waals surface area contributed by atoms with Gasteiger partial charge in [-0.15, -0.1) is 6.58 Å². The Kier molecular flexibility index (Phi) is 13.1. The van der Waals surface area contributed by atoms with Crippen LogP contribution in [0.15, 0.2) is 90.4 Å². The Morgan fingerprint density at radius 1 is 1.04 bits per heavy atom. The van der Waals surface area contributed by atoms with Crippen molar-refractivity contribution in [2.75, 3.05) is 18.0 Å². The summed E-state index contributed by atoms with van der Waals surface area (Å²) in [6.45, 7) is 12.7. The van der Waals surface area contributed by atoms with Crippen molar-refractivity contribution in [1.82, 2.24) is 4.72 Å². The van der Waals surface area contributed by atoms with E-state index in [-0.39, 0.29) is 23.3 Å². The minimum absolute atomic E-state index is 0.0616. The van der Waals surface area contributed by atoms with Gasteiger partial charge in [-0.05, 0) is 123 Å². The first kappa shape index (κ1) is 38.6. The minimum Gasteiger partial charge on any atom is -0.487 e. The lowest BCUT2D eigenvalue weighted by Crippen LogP contribution is -2.44. The third kappa shape index (κ3) is 9.64. The molecule has 1 fully saturated rings. The highest BCUT2D eigenvalue weighted by molar-refractivity contribution is 9.10. The normalized spacial score (nSPS) is 19.3. The van der Waals surface area contributed by atoms with Gasteiger partial charge in [0.05, 0.1) is 16.5 Å². The molecule has 3 aromatic carbocycles. The molecule has 3 aromatic rings. The van der Waals surface area contributed by atoms with Crippen molar-refractivity contribution in [3.05, 3.63) is 118 Å². The first-order valence-electron chi connectivity index (χ1n) is 17.4. The molecular formula is C40H46BrClN2O6S. The number of carbonyl (C=O) groups is 2. The second kappa shape index (κ2) is 17.3. The zero-order valence-electron chi connectivity index (χ0n) is 29.2. The summed E-state index contributed by atoms with van der Waals surface area (Å²) < 4.78 is 42.0. The minimum atomic E-state index is -3.95. The largest absolute Gasteiger partial charge is 0.487 e. The number of hydrogen-bond donors (Lipinski definition) is 1. The van der Waals surface area contributed by atoms with E-state index in [1.807, 2.05) is 25.1 Å². The lowest BCUT2D eigenvalue weighted by atomic mass is 9.70. The van der Waals surface area contributed by atoms with Crippen LogP contribution in [0.2, 0.25) is 5.02 Å². The predicted octanol–water partition coefficient (Wildman–Crippen LogP) is 8.92. The molecule has 0 spiro atoms. The quantitative estimate of drug-likeness (QED) is 0.144. The van der Waals surface area contributed by atoms with Gasteiger partial charge in [0.1, 0.15) is 18.5 Å². The fraction of sp³-hybridized carbons (Fsp3) is 0.400. The van der Waals surface area contributed by atoms with Crippen molar-refractivity contribution in [2.45, 2.75) is 70.3 Å². The summed E-state index contributed by atoms with van der Waals surface area (Å²) in [5.74, 6) is -0.492. The van der Waals surface area contributed by atoms with Crippen LogP contribution in [0.5, 0.6) is 5.75 Å². The molecule has 2 aliphatic rings. The lowest BCUT2D eigenvalue weighted by Gasteiger charge is -2.43. The second-order valence-corrected chi connectivity index (χ2v) is 17.0. The van der Waals surface area contributed by atoms with Crippen LogP contribution in [0.1, 0.15) is 77.8 Å². The Hall–Kier alpha value is -3.60. The Labute approximate surface area is 315 Å². The van der Waals surface area contributed by atoms with Gasteiger partial charge in [0, 0.05) is 34.1 Å². The van der Waals surface area contributed by atoms with Crippen LogP contribution >= 0.6 is 27.5 Å². The molecule has 51 heavy (non-hydrogen) atoms. The molecule has 0 unspecified atom stereocenters. The topological polar surface area (TPSA) is 102 Å². The third-order valence-corrected chi connectivity index (χ3v) is 12.9. The Balaban J connectivity index is 1.42. The van der Waals surface area contributed by atoms with Gasteiger partial charge in [-0.3, -0.25) is 4.79 Å². The van der Waals surface area contributed by atoms with Gasteiger partial charge >= 0.3 is 5.97 Å². The Bertz CT molecular complexity index is 1850. The highest BCUT2D eigenvalue weighted by Crippen LogP contribution is 2.42. The maximum Gasteiger partial charge on any atom is 0.338 e. The molecule has 1 N–H and O–H groups in total. The summed E-state index contributed by atoms with van der Waals surface area (Å²) >= 11 is 9.76. The third-order valence-electron chi connectivity index (χ3n) is 10.2. The standard InChI is InChI=1S/C40H46BrClN2O6S/c1-5-9-26(3)27(4)51(47,48)43-39(45)30-15-20-38-36(23-30)44(21-8-7-10-29-22-34(42)18-13-32(29)25-49-38)24-31-14-19-35(31)37(6-2)50-40(46)28-11-16-33(41)17-12-28/h5-6,11-13,15-18,20,22-23,26-27,31,35,37H,1-2,7-10,14,19,21,24-25H2,3-4H3,(H,43,45)/t26-,27+,31-,35+,37-/m0/s1. The van der Waals surface area contributed by atoms with E-state index >= 15 is 0 Å². The van der Waals surface area contributed by atoms with E-state index in [1.54, 1.807) is 61.5 Å². The van der Waals surface area contributed by atoms with Crippen LogP contribution in [-0.4, -0.2) is 44.7 Å². The molecule has 11 heteroatoms. The van der Waals surface area contributed by atoms with E-state index in [0.717, 1.165) is 47.7 Å². The fourth-order valence-electron chi connectivity index (χ4n) is 6.75. The van der Waals surface area contributed by atoms with Crippen molar-refractivity contribution in [3.8, 4) is 5.75 Å². The molecule has 0 aromatic heterocycles. The lowest BCUT2D eigenvalue weighted by molar-refractivity contribution is -0.00170. The average Bonchev–Trinajstić information content (AvgIpc) is 3.12. The number of ether oxygens (including phenoxy) is 2. The molecule has 0 bridgehead atoms. The van der Waals surface area contributed by atoms with E-state index in [9.17, 15) is 18.0 Å². The van der Waals surface area contributed by atoms with Crippen LogP contribution in [0.25, 0.3) is 0 Å². The molecule has 0 saturated heterocycles. The molecule has 1 saturated carbocycles. The van der Waals surface area contributed by atoms with Gasteiger partial charge in [0.25, 0.3) is 5.91 Å². The number of nitrogens with one attached hydrogen (secondary N) is 1. The number of anilines is 1. The molecule has 272 valence electrons. The number of amides is 1. The summed E-state index contributed by atoms with van der Waals surface area (Å²) in [4.78, 5) is 28.8. The Morgan fingerprint density at radius 2 is 1.78 bits per heavy atom. The van der Waals surface area contributed by atoms with Gasteiger partial charge in [-0.25, -0.2) is 17.9 Å². The number of carbonyl (C=O) groups excluding carboxylic acids is 2. The SMILES string of the molecule is C=CC[C@H](C)[C@@H](C)S(=O)(=O)NC(=O)c1ccc2c(c1)N(C[C@@H]1CC[C@H]1[C@H](C=C)OC(=O)c1ccc(Br)cc1)CCCCc1cc(Cl)ccc1CO2. The van der Waals surface area contributed by atoms with Crippen LogP contribution in [0, 0.1) is 17.8 Å². The van der Waals surface area contributed by atoms with Crippen LogP contribution < -0.4 is 14.4 Å². The van der Waals surface area contributed by atoms with Crippen molar-refractivity contribution in [1.29, 1.82) is 0 Å². The number of allylic oxidation sites excluding steroid dienone is 1. The number of hydrogen-bond acceptors (Lipinski definition) is 7. The molecule has 1 aliphatic carbocycles. The first-order valence-corrected chi connectivity index (χ1v) is 20.2. The number of sulfonamides is 1. The second-order valence-electron chi connectivity index (χ2n) is 13.6. The number of halogens is 2. The van der Waals surface area contributed by atoms with Crippen molar-refractivity contribution < 1.29 is 27.5 Å².